The lowest BCUT2D eigenvalue weighted by atomic mass is 9.91. The molecule has 3 heteroatoms. The van der Waals surface area contributed by atoms with Crippen LogP contribution in [0.15, 0.2) is 72.4 Å². The Balaban J connectivity index is 1.70. The molecule has 0 unspecified atom stereocenters. The van der Waals surface area contributed by atoms with E-state index in [0.717, 1.165) is 24.5 Å². The van der Waals surface area contributed by atoms with Crippen molar-refractivity contribution in [1.29, 1.82) is 0 Å². The van der Waals surface area contributed by atoms with E-state index in [2.05, 4.69) is 84.7 Å². The predicted molar refractivity (Wildman–Crippen MR) is 105 cm³/mol. The van der Waals surface area contributed by atoms with Crippen LogP contribution in [0.1, 0.15) is 31.4 Å². The van der Waals surface area contributed by atoms with Gasteiger partial charge in [-0.3, -0.25) is 0 Å². The second-order valence-corrected chi connectivity index (χ2v) is 7.33. The van der Waals surface area contributed by atoms with Crippen molar-refractivity contribution in [2.45, 2.75) is 38.9 Å². The van der Waals surface area contributed by atoms with Gasteiger partial charge in [0.1, 0.15) is 4.99 Å². The molecule has 3 rings (SSSR count). The van der Waals surface area contributed by atoms with Crippen LogP contribution in [-0.4, -0.2) is 15.4 Å². The summed E-state index contributed by atoms with van der Waals surface area (Å²) in [4.78, 5) is 3.23. The fraction of sp³-hybridized carbons (Fsp3) is 0.286. The number of rotatable bonds is 5. The first-order valence-corrected chi connectivity index (χ1v) is 8.79. The van der Waals surface area contributed by atoms with Crippen molar-refractivity contribution >= 4 is 17.2 Å². The summed E-state index contributed by atoms with van der Waals surface area (Å²) in [6.07, 6.45) is 3.08. The summed E-state index contributed by atoms with van der Waals surface area (Å²) in [5, 5.41) is 3.56. The smallest absolute Gasteiger partial charge is 0.104 e. The van der Waals surface area contributed by atoms with Crippen LogP contribution in [0.5, 0.6) is 0 Å². The van der Waals surface area contributed by atoms with Gasteiger partial charge in [-0.15, -0.1) is 0 Å². The van der Waals surface area contributed by atoms with Crippen molar-refractivity contribution in [3.05, 3.63) is 83.6 Å². The number of hydrogen-bond donors (Lipinski definition) is 1. The lowest BCUT2D eigenvalue weighted by molar-refractivity contribution is 0.200. The predicted octanol–water partition coefficient (Wildman–Crippen LogP) is 4.67. The summed E-state index contributed by atoms with van der Waals surface area (Å²) in [6, 6.07) is 21.0. The maximum atomic E-state index is 5.69. The fourth-order valence-electron chi connectivity index (χ4n) is 3.12. The molecule has 24 heavy (non-hydrogen) atoms. The molecule has 0 aliphatic carbocycles. The van der Waals surface area contributed by atoms with E-state index < -0.39 is 0 Å². The zero-order valence-electron chi connectivity index (χ0n) is 14.3. The van der Waals surface area contributed by atoms with Crippen molar-refractivity contribution < 1.29 is 0 Å². The summed E-state index contributed by atoms with van der Waals surface area (Å²) in [5.41, 5.74) is 3.80. The van der Waals surface area contributed by atoms with Gasteiger partial charge in [0, 0.05) is 30.7 Å². The lowest BCUT2D eigenvalue weighted by Gasteiger charge is -2.44. The Morgan fingerprint density at radius 3 is 2.12 bits per heavy atom. The van der Waals surface area contributed by atoms with Crippen molar-refractivity contribution in [3.63, 3.8) is 0 Å². The molecule has 0 amide bonds. The van der Waals surface area contributed by atoms with Gasteiger partial charge < -0.3 is 10.2 Å². The number of thiocarbonyl (C=S) groups is 1. The number of nitrogens with zero attached hydrogens (tertiary/aromatic N) is 1. The van der Waals surface area contributed by atoms with Crippen LogP contribution in [-0.2, 0) is 13.1 Å². The van der Waals surface area contributed by atoms with Crippen LogP contribution in [0.4, 0.5) is 0 Å². The van der Waals surface area contributed by atoms with Crippen molar-refractivity contribution in [2.24, 2.45) is 0 Å². The van der Waals surface area contributed by atoms with Crippen molar-refractivity contribution in [1.82, 2.24) is 10.2 Å². The molecule has 1 aliphatic heterocycles. The van der Waals surface area contributed by atoms with E-state index in [1.807, 2.05) is 6.07 Å². The summed E-state index contributed by atoms with van der Waals surface area (Å²) in [5.74, 6) is 0. The number of benzene rings is 2. The van der Waals surface area contributed by atoms with Gasteiger partial charge in [-0.25, -0.2) is 0 Å². The molecule has 0 saturated carbocycles. The van der Waals surface area contributed by atoms with Gasteiger partial charge in [-0.2, -0.15) is 0 Å². The average Bonchev–Trinajstić information content (AvgIpc) is 2.58. The molecule has 0 atom stereocenters. The first kappa shape index (κ1) is 16.7. The summed E-state index contributed by atoms with van der Waals surface area (Å²) in [6.45, 7) is 6.22. The SMILES string of the molecule is CC1(C)CC(NCc2ccccc2)=CC(=S)N1Cc1ccccc1. The standard InChI is InChI=1S/C21H24N2S/c1-21(2)14-19(22-15-17-9-5-3-6-10-17)13-20(24)23(21)16-18-11-7-4-8-12-18/h3-13,22H,14-16H2,1-2H3. The first-order valence-electron chi connectivity index (χ1n) is 8.38. The Hall–Kier alpha value is -2.13. The van der Waals surface area contributed by atoms with Crippen LogP contribution >= 0.6 is 12.2 Å². The van der Waals surface area contributed by atoms with Crippen molar-refractivity contribution in [2.75, 3.05) is 0 Å². The quantitative estimate of drug-likeness (QED) is 0.799. The zero-order valence-corrected chi connectivity index (χ0v) is 15.1. The minimum absolute atomic E-state index is 0.000690. The monoisotopic (exact) mass is 336 g/mol. The van der Waals surface area contributed by atoms with Crippen molar-refractivity contribution in [3.8, 4) is 0 Å². The molecule has 124 valence electrons. The number of hydrogen-bond acceptors (Lipinski definition) is 2. The Kier molecular flexibility index (Phi) is 5.00. The Labute approximate surface area is 150 Å². The van der Waals surface area contributed by atoms with Gasteiger partial charge in [0.05, 0.1) is 0 Å². The second-order valence-electron chi connectivity index (χ2n) is 6.91. The Morgan fingerprint density at radius 1 is 0.958 bits per heavy atom. The molecule has 2 aromatic carbocycles. The van der Waals surface area contributed by atoms with Crippen LogP contribution in [0.25, 0.3) is 0 Å². The molecule has 2 nitrogen and oxygen atoms in total. The average molecular weight is 337 g/mol. The third-order valence-corrected chi connectivity index (χ3v) is 4.80. The molecule has 0 radical (unpaired) electrons. The minimum atomic E-state index is 0.000690. The van der Waals surface area contributed by atoms with Gasteiger partial charge in [-0.05, 0) is 31.1 Å². The molecule has 2 aromatic rings. The van der Waals surface area contributed by atoms with E-state index in [9.17, 15) is 0 Å². The highest BCUT2D eigenvalue weighted by molar-refractivity contribution is 7.80. The highest BCUT2D eigenvalue weighted by Gasteiger charge is 2.32. The molecular weight excluding hydrogens is 312 g/mol. The highest BCUT2D eigenvalue weighted by atomic mass is 32.1. The van der Waals surface area contributed by atoms with Crippen LogP contribution in [0, 0.1) is 0 Å². The maximum Gasteiger partial charge on any atom is 0.104 e. The number of nitrogens with one attached hydrogen (secondary N) is 1. The fourth-order valence-corrected chi connectivity index (χ4v) is 3.57. The van der Waals surface area contributed by atoms with Crippen LogP contribution in [0.3, 0.4) is 0 Å². The van der Waals surface area contributed by atoms with Gasteiger partial charge in [0.15, 0.2) is 0 Å². The topological polar surface area (TPSA) is 15.3 Å². The summed E-state index contributed by atoms with van der Waals surface area (Å²) in [7, 11) is 0. The third kappa shape index (κ3) is 4.04. The molecule has 0 fully saturated rings. The van der Waals surface area contributed by atoms with E-state index in [0.29, 0.717) is 0 Å². The van der Waals surface area contributed by atoms with Crippen LogP contribution in [0.2, 0.25) is 0 Å². The van der Waals surface area contributed by atoms with Gasteiger partial charge >= 0.3 is 0 Å². The van der Waals surface area contributed by atoms with E-state index in [1.54, 1.807) is 0 Å². The molecule has 1 heterocycles. The molecule has 1 N–H and O–H groups in total. The Morgan fingerprint density at radius 2 is 1.54 bits per heavy atom. The highest BCUT2D eigenvalue weighted by Crippen LogP contribution is 2.30. The van der Waals surface area contributed by atoms with E-state index >= 15 is 0 Å². The molecular formula is C21H24N2S. The van der Waals surface area contributed by atoms with Gasteiger partial charge in [-0.1, -0.05) is 72.9 Å². The zero-order chi connectivity index (χ0) is 17.0. The maximum absolute atomic E-state index is 5.69. The molecule has 0 spiro atoms. The van der Waals surface area contributed by atoms with Gasteiger partial charge in [0.25, 0.3) is 0 Å². The van der Waals surface area contributed by atoms with Gasteiger partial charge in [0.2, 0.25) is 0 Å². The normalized spacial score (nSPS) is 16.7. The van der Waals surface area contributed by atoms with E-state index in [1.165, 1.54) is 16.8 Å². The molecule has 0 aromatic heterocycles. The summed E-state index contributed by atoms with van der Waals surface area (Å²) < 4.78 is 0. The molecule has 0 bridgehead atoms. The second kappa shape index (κ2) is 7.18. The molecule has 1 aliphatic rings. The minimum Gasteiger partial charge on any atom is -0.384 e. The van der Waals surface area contributed by atoms with E-state index in [-0.39, 0.29) is 5.54 Å². The third-order valence-electron chi connectivity index (χ3n) is 4.46. The van der Waals surface area contributed by atoms with Crippen LogP contribution < -0.4 is 5.32 Å². The largest absolute Gasteiger partial charge is 0.384 e. The lowest BCUT2D eigenvalue weighted by Crippen LogP contribution is -2.50. The molecule has 0 saturated heterocycles. The summed E-state index contributed by atoms with van der Waals surface area (Å²) >= 11 is 5.69. The Bertz CT molecular complexity index is 720. The first-order chi connectivity index (χ1) is 11.5. The van der Waals surface area contributed by atoms with E-state index in [4.69, 9.17) is 12.2 Å².